The number of benzene rings is 1. The van der Waals surface area contributed by atoms with Gasteiger partial charge in [0.15, 0.2) is 0 Å². The molecule has 0 fully saturated rings. The number of fused-ring (bicyclic) bond motifs is 1. The number of aliphatic imine (C=N–C) groups is 1. The lowest BCUT2D eigenvalue weighted by Crippen LogP contribution is -2.07. The number of para-hydroxylation sites is 1. The van der Waals surface area contributed by atoms with Gasteiger partial charge < -0.3 is 4.74 Å². The first-order valence-corrected chi connectivity index (χ1v) is 9.37. The molecule has 6 heteroatoms. The smallest absolute Gasteiger partial charge is 0.257 e. The highest BCUT2D eigenvalue weighted by atomic mass is 19.3. The van der Waals surface area contributed by atoms with Crippen LogP contribution in [0, 0.1) is 5.41 Å². The molecule has 28 heavy (non-hydrogen) atoms. The molecule has 0 N–H and O–H groups in total. The van der Waals surface area contributed by atoms with E-state index < -0.39 is 13.0 Å². The quantitative estimate of drug-likeness (QED) is 0.663. The van der Waals surface area contributed by atoms with Crippen molar-refractivity contribution in [2.24, 2.45) is 10.4 Å². The minimum Gasteiger partial charge on any atom is -0.492 e. The van der Waals surface area contributed by atoms with Crippen molar-refractivity contribution in [3.05, 3.63) is 53.6 Å². The van der Waals surface area contributed by atoms with E-state index in [0.29, 0.717) is 13.0 Å². The Balaban J connectivity index is 1.96. The average Bonchev–Trinajstić information content (AvgIpc) is 3.09. The lowest BCUT2D eigenvalue weighted by Gasteiger charge is -2.16. The third-order valence-electron chi connectivity index (χ3n) is 4.29. The molecular formula is C22H25F2N3O. The Labute approximate surface area is 164 Å². The lowest BCUT2D eigenvalue weighted by molar-refractivity contribution is 0.159. The van der Waals surface area contributed by atoms with Crippen molar-refractivity contribution in [1.29, 1.82) is 0 Å². The second-order valence-corrected chi connectivity index (χ2v) is 7.92. The predicted molar refractivity (Wildman–Crippen MR) is 107 cm³/mol. The van der Waals surface area contributed by atoms with Gasteiger partial charge in [0.05, 0.1) is 18.8 Å². The standard InChI is InChI=1S/C22H25F2N3O/c1-22(2,3)10-15(11-25-13-20(23)24)9-19-18(12-26-14-27-19)17-6-4-5-16-7-8-28-21(16)17/h4-6,10-12,14,20H,7-9,13H2,1-3H3/b15-10-,25-11-. The maximum Gasteiger partial charge on any atom is 0.257 e. The summed E-state index contributed by atoms with van der Waals surface area (Å²) in [4.78, 5) is 12.6. The number of hydrogen-bond donors (Lipinski definition) is 0. The van der Waals surface area contributed by atoms with Gasteiger partial charge in [-0.15, -0.1) is 0 Å². The molecule has 0 saturated carbocycles. The zero-order chi connectivity index (χ0) is 20.1. The van der Waals surface area contributed by atoms with Gasteiger partial charge in [-0.2, -0.15) is 0 Å². The molecule has 0 radical (unpaired) electrons. The molecule has 1 aliphatic rings. The molecule has 0 amide bonds. The monoisotopic (exact) mass is 385 g/mol. The molecule has 1 aromatic carbocycles. The van der Waals surface area contributed by atoms with Crippen molar-refractivity contribution >= 4 is 6.21 Å². The van der Waals surface area contributed by atoms with E-state index in [-0.39, 0.29) is 5.41 Å². The molecule has 1 aliphatic heterocycles. The van der Waals surface area contributed by atoms with Crippen LogP contribution in [-0.2, 0) is 12.8 Å². The number of alkyl halides is 2. The summed E-state index contributed by atoms with van der Waals surface area (Å²) in [5.41, 5.74) is 4.58. The van der Waals surface area contributed by atoms with Crippen LogP contribution in [0.4, 0.5) is 8.78 Å². The van der Waals surface area contributed by atoms with Gasteiger partial charge in [-0.05, 0) is 16.6 Å². The van der Waals surface area contributed by atoms with E-state index in [0.717, 1.165) is 34.6 Å². The summed E-state index contributed by atoms with van der Waals surface area (Å²) >= 11 is 0. The second kappa shape index (κ2) is 8.59. The summed E-state index contributed by atoms with van der Waals surface area (Å²) in [5, 5.41) is 0. The summed E-state index contributed by atoms with van der Waals surface area (Å²) in [5.74, 6) is 0.881. The zero-order valence-electron chi connectivity index (χ0n) is 16.5. The highest BCUT2D eigenvalue weighted by Gasteiger charge is 2.20. The lowest BCUT2D eigenvalue weighted by atomic mass is 9.91. The third kappa shape index (κ3) is 5.21. The molecule has 0 atom stereocenters. The van der Waals surface area contributed by atoms with Crippen molar-refractivity contribution < 1.29 is 13.5 Å². The SMILES string of the molecule is CC(C)(C)/C=C(\C=N/CC(F)F)Cc1ncncc1-c1cccc2c1OCC2. The number of allylic oxidation sites excluding steroid dienone is 2. The third-order valence-corrected chi connectivity index (χ3v) is 4.29. The van der Waals surface area contributed by atoms with Gasteiger partial charge in [-0.3, -0.25) is 4.99 Å². The van der Waals surface area contributed by atoms with E-state index in [2.05, 4.69) is 41.8 Å². The number of nitrogens with zero attached hydrogens (tertiary/aromatic N) is 3. The fraction of sp³-hybridized carbons (Fsp3) is 0.409. The Morgan fingerprint density at radius 3 is 2.86 bits per heavy atom. The van der Waals surface area contributed by atoms with E-state index in [1.54, 1.807) is 6.20 Å². The first-order chi connectivity index (χ1) is 13.3. The molecule has 0 saturated heterocycles. The molecule has 2 aromatic rings. The van der Waals surface area contributed by atoms with Gasteiger partial charge in [0.2, 0.25) is 0 Å². The van der Waals surface area contributed by atoms with E-state index in [9.17, 15) is 8.78 Å². The van der Waals surface area contributed by atoms with Gasteiger partial charge in [0.1, 0.15) is 12.1 Å². The minimum atomic E-state index is -2.45. The minimum absolute atomic E-state index is 0.115. The van der Waals surface area contributed by atoms with Crippen LogP contribution in [0.25, 0.3) is 11.1 Å². The average molecular weight is 385 g/mol. The molecule has 3 rings (SSSR count). The highest BCUT2D eigenvalue weighted by molar-refractivity contribution is 5.81. The van der Waals surface area contributed by atoms with Gasteiger partial charge >= 0.3 is 0 Å². The van der Waals surface area contributed by atoms with Crippen LogP contribution in [0.1, 0.15) is 32.0 Å². The Morgan fingerprint density at radius 2 is 2.11 bits per heavy atom. The number of aromatic nitrogens is 2. The number of ether oxygens (including phenoxy) is 1. The molecule has 0 unspecified atom stereocenters. The Morgan fingerprint density at radius 1 is 1.29 bits per heavy atom. The summed E-state index contributed by atoms with van der Waals surface area (Å²) in [6.45, 7) is 6.36. The maximum atomic E-state index is 12.5. The van der Waals surface area contributed by atoms with Crippen LogP contribution < -0.4 is 4.74 Å². The second-order valence-electron chi connectivity index (χ2n) is 7.92. The number of hydrogen-bond acceptors (Lipinski definition) is 4. The van der Waals surface area contributed by atoms with E-state index in [4.69, 9.17) is 4.74 Å². The molecule has 4 nitrogen and oxygen atoms in total. The fourth-order valence-electron chi connectivity index (χ4n) is 3.28. The van der Waals surface area contributed by atoms with Crippen LogP contribution in [-0.4, -0.2) is 35.8 Å². The van der Waals surface area contributed by atoms with Gasteiger partial charge in [-0.1, -0.05) is 45.0 Å². The molecule has 0 aliphatic carbocycles. The van der Waals surface area contributed by atoms with Crippen molar-refractivity contribution in [3.8, 4) is 16.9 Å². The summed E-state index contributed by atoms with van der Waals surface area (Å²) in [6.07, 6.45) is 5.78. The molecule has 1 aromatic heterocycles. The molecular weight excluding hydrogens is 360 g/mol. The Hall–Kier alpha value is -2.63. The van der Waals surface area contributed by atoms with Crippen molar-refractivity contribution in [2.75, 3.05) is 13.2 Å². The van der Waals surface area contributed by atoms with Crippen molar-refractivity contribution in [1.82, 2.24) is 9.97 Å². The first-order valence-electron chi connectivity index (χ1n) is 9.37. The maximum absolute atomic E-state index is 12.5. The fourth-order valence-corrected chi connectivity index (χ4v) is 3.28. The normalized spacial score (nSPS) is 14.6. The molecule has 0 bridgehead atoms. The number of halogens is 2. The first kappa shape index (κ1) is 20.1. The van der Waals surface area contributed by atoms with Crippen LogP contribution in [0.15, 0.2) is 47.4 Å². The van der Waals surface area contributed by atoms with E-state index in [1.807, 2.05) is 18.2 Å². The van der Waals surface area contributed by atoms with Crippen molar-refractivity contribution in [3.63, 3.8) is 0 Å². The largest absolute Gasteiger partial charge is 0.492 e. The van der Waals surface area contributed by atoms with Crippen LogP contribution in [0.2, 0.25) is 0 Å². The van der Waals surface area contributed by atoms with Crippen molar-refractivity contribution in [2.45, 2.75) is 40.0 Å². The van der Waals surface area contributed by atoms with Crippen LogP contribution >= 0.6 is 0 Å². The highest BCUT2D eigenvalue weighted by Crippen LogP contribution is 2.38. The van der Waals surface area contributed by atoms with Crippen LogP contribution in [0.3, 0.4) is 0 Å². The van der Waals surface area contributed by atoms with Gasteiger partial charge in [-0.25, -0.2) is 18.7 Å². The van der Waals surface area contributed by atoms with Crippen LogP contribution in [0.5, 0.6) is 5.75 Å². The summed E-state index contributed by atoms with van der Waals surface area (Å²) in [7, 11) is 0. The van der Waals surface area contributed by atoms with E-state index in [1.165, 1.54) is 18.1 Å². The predicted octanol–water partition coefficient (Wildman–Crippen LogP) is 4.93. The molecule has 148 valence electrons. The Kier molecular flexibility index (Phi) is 6.17. The number of rotatable bonds is 6. The summed E-state index contributed by atoms with van der Waals surface area (Å²) in [6, 6.07) is 6.08. The topological polar surface area (TPSA) is 47.4 Å². The molecule has 2 heterocycles. The van der Waals surface area contributed by atoms with Gasteiger partial charge in [0, 0.05) is 36.4 Å². The van der Waals surface area contributed by atoms with E-state index >= 15 is 0 Å². The molecule has 0 spiro atoms. The summed E-state index contributed by atoms with van der Waals surface area (Å²) < 4.78 is 30.8. The van der Waals surface area contributed by atoms with Gasteiger partial charge in [0.25, 0.3) is 6.43 Å². The Bertz CT molecular complexity index is 886. The zero-order valence-corrected chi connectivity index (χ0v) is 16.5.